The summed E-state index contributed by atoms with van der Waals surface area (Å²) < 4.78 is 66.2. The number of likely N-dealkylation sites (N-methyl/N-ethyl adjacent to an activating group) is 2. The Kier molecular flexibility index (Phi) is 17.7. The van der Waals surface area contributed by atoms with Crippen molar-refractivity contribution < 1.29 is 62.0 Å². The van der Waals surface area contributed by atoms with Crippen molar-refractivity contribution in [2.45, 2.75) is 128 Å². The van der Waals surface area contributed by atoms with E-state index in [4.69, 9.17) is 52.1 Å². The number of hydrogen-bond acceptors (Lipinski definition) is 19. The van der Waals surface area contributed by atoms with Crippen LogP contribution in [0.25, 0.3) is 6.08 Å². The van der Waals surface area contributed by atoms with Gasteiger partial charge in [0.15, 0.2) is 36.6 Å². The van der Waals surface area contributed by atoms with Gasteiger partial charge in [-0.05, 0) is 126 Å². The van der Waals surface area contributed by atoms with Crippen LogP contribution in [0.1, 0.15) is 108 Å². The monoisotopic (exact) mass is 1220 g/mol. The van der Waals surface area contributed by atoms with Crippen LogP contribution < -0.4 is 37.9 Å². The molecule has 10 atom stereocenters. The fourth-order valence-corrected chi connectivity index (χ4v) is 15.9. The molecule has 8 aliphatic heterocycles. The van der Waals surface area contributed by atoms with Gasteiger partial charge in [-0.3, -0.25) is 19.6 Å². The smallest absolute Gasteiger partial charge is 0.330 e. The molecule has 0 aliphatic carbocycles. The van der Waals surface area contributed by atoms with Gasteiger partial charge in [-0.1, -0.05) is 67.8 Å². The van der Waals surface area contributed by atoms with E-state index in [1.54, 1.807) is 32.4 Å². The average molecular weight is 1230 g/mol. The van der Waals surface area contributed by atoms with Gasteiger partial charge in [0.25, 0.3) is 0 Å². The van der Waals surface area contributed by atoms with Gasteiger partial charge in [0.1, 0.15) is 54.9 Å². The van der Waals surface area contributed by atoms with E-state index in [0.29, 0.717) is 67.6 Å². The Morgan fingerprint density at radius 2 is 1.07 bits per heavy atom. The van der Waals surface area contributed by atoms with Gasteiger partial charge in [0.05, 0.1) is 42.9 Å². The summed E-state index contributed by atoms with van der Waals surface area (Å²) in [6.45, 7) is 20.9. The van der Waals surface area contributed by atoms with Crippen LogP contribution in [-0.2, 0) is 44.7 Å². The number of aryl methyl sites for hydroxylation is 2. The number of nitrogens with zero attached hydrogens (tertiary/aromatic N) is 6. The average Bonchev–Trinajstić information content (AvgIpc) is 0.873. The Morgan fingerprint density at radius 3 is 1.51 bits per heavy atom. The van der Waals surface area contributed by atoms with Gasteiger partial charge in [-0.15, -0.1) is 0 Å². The molecule has 90 heavy (non-hydrogen) atoms. The fraction of sp³-hybridized carbons (Fsp3) is 0.451. The maximum absolute atomic E-state index is 13.3. The van der Waals surface area contributed by atoms with Crippen LogP contribution in [0.3, 0.4) is 0 Å². The zero-order chi connectivity index (χ0) is 63.4. The molecule has 0 amide bonds. The first kappa shape index (κ1) is 62.1. The molecule has 2 unspecified atom stereocenters. The van der Waals surface area contributed by atoms with Crippen molar-refractivity contribution in [2.24, 2.45) is 0 Å². The van der Waals surface area contributed by atoms with Gasteiger partial charge < -0.3 is 57.2 Å². The number of piperazine rings is 2. The van der Waals surface area contributed by atoms with Crippen molar-refractivity contribution in [3.63, 3.8) is 0 Å². The Morgan fingerprint density at radius 1 is 0.611 bits per heavy atom. The van der Waals surface area contributed by atoms with Gasteiger partial charge in [0, 0.05) is 89.0 Å². The van der Waals surface area contributed by atoms with Crippen LogP contribution in [0, 0.1) is 64.2 Å². The van der Waals surface area contributed by atoms with E-state index in [2.05, 4.69) is 98.8 Å². The normalized spacial score (nSPS) is 24.7. The topological polar surface area (TPSA) is 199 Å². The minimum absolute atomic E-state index is 0.00459. The first-order valence-corrected chi connectivity index (χ1v) is 30.8. The number of methoxy groups -OCH3 is 2. The van der Waals surface area contributed by atoms with Crippen LogP contribution >= 0.6 is 0 Å². The Labute approximate surface area is 527 Å². The molecule has 5 aromatic carbocycles. The number of nitriles is 2. The minimum atomic E-state index is -0.528. The molecule has 4 bridgehead atoms. The van der Waals surface area contributed by atoms with Crippen molar-refractivity contribution in [2.75, 3.05) is 81.9 Å². The minimum Gasteiger partial charge on any atom is -0.489 e. The summed E-state index contributed by atoms with van der Waals surface area (Å²) in [5, 5.41) is 32.6. The van der Waals surface area contributed by atoms with Crippen molar-refractivity contribution in [1.29, 1.82) is 10.5 Å². The molecule has 5 aromatic rings. The molecule has 0 aromatic heterocycles. The number of benzene rings is 5. The molecule has 19 heteroatoms. The zero-order valence-corrected chi connectivity index (χ0v) is 53.1. The van der Waals surface area contributed by atoms with Crippen molar-refractivity contribution >= 4 is 12.0 Å². The van der Waals surface area contributed by atoms with E-state index < -0.39 is 30.1 Å². The van der Waals surface area contributed by atoms with Crippen molar-refractivity contribution in [1.82, 2.24) is 19.6 Å². The van der Waals surface area contributed by atoms with Crippen LogP contribution in [0.2, 0.25) is 0 Å². The lowest BCUT2D eigenvalue weighted by Gasteiger charge is -2.60. The summed E-state index contributed by atoms with van der Waals surface area (Å²) in [4.78, 5) is 22.5. The van der Waals surface area contributed by atoms with Crippen LogP contribution in [0.15, 0.2) is 73.9 Å². The standard InChI is InChI=1S/C40H43N3O7.C31H37N3O6/c1-7-15-46-37-25(4)39-40(50-22-49-39)35-28(37)18-30-36-34-27(16-23(2)24(3)38(34)48-21-45-6)17-29(42(36)5)31(19-41)43(30)32(35)20-47-33(44)14-13-26-11-9-8-10-12-26;1-7-8-37-28-18(4)30-31(40-15-39-30)26-20(28)11-22-27-25-19(9-16(2)17(3)29(25)38-14-36-6)10-21(33(27)5)23(12-32)34(22)24(26)13-35/h7-14,16,29-32,36H,1,15,17-18,20-22H2,2-6H3;7,9,21-24,27,35H,1,8,10-11,13-15H2,2-6H3/b14-13+;/t29-,30?,31-,32-,36-;21-,22?,23-,24-,27-/m00/s1. The third-order valence-corrected chi connectivity index (χ3v) is 19.9. The molecule has 0 radical (unpaired) electrons. The maximum Gasteiger partial charge on any atom is 0.330 e. The third kappa shape index (κ3) is 10.3. The number of aliphatic hydroxyl groups is 1. The summed E-state index contributed by atoms with van der Waals surface area (Å²) in [6, 6.07) is 16.7. The lowest BCUT2D eigenvalue weighted by Crippen LogP contribution is -2.68. The number of aliphatic hydroxyl groups excluding tert-OH is 1. The lowest BCUT2D eigenvalue weighted by molar-refractivity contribution is -0.143. The van der Waals surface area contributed by atoms with Crippen LogP contribution in [-0.4, -0.2) is 149 Å². The number of carbonyl (C=O) groups is 1. The molecule has 0 saturated carbocycles. The van der Waals surface area contributed by atoms with Crippen molar-refractivity contribution in [3.05, 3.63) is 157 Å². The second-order valence-corrected chi connectivity index (χ2v) is 24.5. The van der Waals surface area contributed by atoms with E-state index in [9.17, 15) is 20.4 Å². The number of hydrogen-bond donors (Lipinski definition) is 1. The first-order chi connectivity index (χ1) is 43.7. The zero-order valence-electron chi connectivity index (χ0n) is 53.1. The SMILES string of the molecule is C=CCOc1c(C)c2c(c3c1CC1[C@H]4c5c(cc(C)c(C)c5OCOC)C[C@@H]([C@H](C#N)N1[C@H]3CO)N4C)OCO2.C=CCOc1c(C)c2c(c3c1CC1[C@H]4c5c(cc(C)c(C)c5OCOC)C[C@@H]([C@H](C#N)N1[C@H]3COC(=O)/C=C/c1ccccc1)N4C)OCO2. The second-order valence-electron chi connectivity index (χ2n) is 24.5. The number of esters is 1. The van der Waals surface area contributed by atoms with Gasteiger partial charge in [-0.25, -0.2) is 4.79 Å². The Bertz CT molecular complexity index is 3760. The molecule has 8 heterocycles. The number of ether oxygens (including phenoxy) is 11. The summed E-state index contributed by atoms with van der Waals surface area (Å²) in [7, 11) is 7.46. The second kappa shape index (κ2) is 25.6. The highest BCUT2D eigenvalue weighted by atomic mass is 16.7. The molecule has 13 rings (SSSR count). The molecule has 2 fully saturated rings. The van der Waals surface area contributed by atoms with E-state index >= 15 is 0 Å². The Balaban J connectivity index is 0.000000179. The fourth-order valence-electron chi connectivity index (χ4n) is 15.9. The van der Waals surface area contributed by atoms with E-state index in [0.717, 1.165) is 89.6 Å². The predicted octanol–water partition coefficient (Wildman–Crippen LogP) is 9.57. The first-order valence-electron chi connectivity index (χ1n) is 30.8. The number of carbonyl (C=O) groups excluding carboxylic acids is 1. The highest BCUT2D eigenvalue weighted by molar-refractivity contribution is 5.87. The van der Waals surface area contributed by atoms with Crippen molar-refractivity contribution in [3.8, 4) is 58.1 Å². The van der Waals surface area contributed by atoms with Gasteiger partial charge >= 0.3 is 5.97 Å². The van der Waals surface area contributed by atoms with Crippen LogP contribution in [0.5, 0.6) is 46.0 Å². The molecule has 2 saturated heterocycles. The van der Waals surface area contributed by atoms with E-state index in [1.165, 1.54) is 17.2 Å². The highest BCUT2D eigenvalue weighted by Crippen LogP contribution is 2.60. The molecule has 472 valence electrons. The lowest BCUT2D eigenvalue weighted by atomic mass is 9.71. The van der Waals surface area contributed by atoms with Gasteiger partial charge in [-0.2, -0.15) is 10.5 Å². The summed E-state index contributed by atoms with van der Waals surface area (Å²) in [6.07, 6.45) is 9.14. The molecule has 8 aliphatic rings. The maximum atomic E-state index is 13.3. The largest absolute Gasteiger partial charge is 0.489 e. The Hall–Kier alpha value is -8.11. The molecular formula is C71H80N6O13. The number of rotatable bonds is 17. The summed E-state index contributed by atoms with van der Waals surface area (Å²) in [5.74, 6) is 5.14. The predicted molar refractivity (Wildman–Crippen MR) is 335 cm³/mol. The molecule has 19 nitrogen and oxygen atoms in total. The quantitative estimate of drug-likeness (QED) is 0.0399. The third-order valence-electron chi connectivity index (χ3n) is 19.9. The van der Waals surface area contributed by atoms with Gasteiger partial charge in [0.2, 0.25) is 13.6 Å². The highest BCUT2D eigenvalue weighted by Gasteiger charge is 2.59. The molecule has 1 N–H and O–H groups in total. The summed E-state index contributed by atoms with van der Waals surface area (Å²) >= 11 is 0. The summed E-state index contributed by atoms with van der Waals surface area (Å²) in [5.41, 5.74) is 15.3. The molecule has 0 spiro atoms. The molecular weight excluding hydrogens is 1140 g/mol. The van der Waals surface area contributed by atoms with E-state index in [1.807, 2.05) is 44.2 Å². The van der Waals surface area contributed by atoms with Crippen LogP contribution in [0.4, 0.5) is 0 Å². The number of fused-ring (bicyclic) bond motifs is 18. The van der Waals surface area contributed by atoms with E-state index in [-0.39, 0.29) is 76.6 Å².